The van der Waals surface area contributed by atoms with Crippen LogP contribution in [0.2, 0.25) is 0 Å². The molecule has 5 heteroatoms. The van der Waals surface area contributed by atoms with E-state index in [2.05, 4.69) is 15.5 Å². The minimum absolute atomic E-state index is 0.0449. The Morgan fingerprint density at radius 1 is 1.40 bits per heavy atom. The Bertz CT molecular complexity index is 235. The van der Waals surface area contributed by atoms with Gasteiger partial charge in [-0.15, -0.1) is 0 Å². The molecule has 1 aliphatic carbocycles. The summed E-state index contributed by atoms with van der Waals surface area (Å²) in [7, 11) is 0. The van der Waals surface area contributed by atoms with Crippen LogP contribution in [-0.2, 0) is 4.79 Å². The number of hydrogen-bond acceptors (Lipinski definition) is 4. The molecule has 1 saturated heterocycles. The number of rotatable bonds is 4. The summed E-state index contributed by atoms with van der Waals surface area (Å²) in [6.45, 7) is 4.31. The van der Waals surface area contributed by atoms with E-state index in [0.29, 0.717) is 6.54 Å². The highest BCUT2D eigenvalue weighted by Gasteiger charge is 2.43. The van der Waals surface area contributed by atoms with Crippen molar-refractivity contribution in [2.75, 3.05) is 39.3 Å². The van der Waals surface area contributed by atoms with Gasteiger partial charge in [-0.1, -0.05) is 0 Å². The number of piperazine rings is 1. The van der Waals surface area contributed by atoms with E-state index in [9.17, 15) is 4.79 Å². The predicted molar refractivity (Wildman–Crippen MR) is 56.5 cm³/mol. The topological polar surface area (TPSA) is 64.6 Å². The van der Waals surface area contributed by atoms with Crippen LogP contribution in [0.5, 0.6) is 0 Å². The van der Waals surface area contributed by atoms with Crippen molar-refractivity contribution < 1.29 is 9.90 Å². The van der Waals surface area contributed by atoms with Crippen LogP contribution < -0.4 is 10.6 Å². The second-order valence-corrected chi connectivity index (χ2v) is 4.51. The Kier molecular flexibility index (Phi) is 3.23. The fourth-order valence-electron chi connectivity index (χ4n) is 1.88. The van der Waals surface area contributed by atoms with Gasteiger partial charge in [-0.25, -0.2) is 0 Å². The van der Waals surface area contributed by atoms with Crippen LogP contribution in [0.25, 0.3) is 0 Å². The Morgan fingerprint density at radius 2 is 2.07 bits per heavy atom. The number of aliphatic hydroxyl groups excluding tert-OH is 1. The zero-order chi connectivity index (χ0) is 10.7. The Hall–Kier alpha value is -0.650. The molecular weight excluding hydrogens is 194 g/mol. The molecule has 0 unspecified atom stereocenters. The van der Waals surface area contributed by atoms with Gasteiger partial charge in [0, 0.05) is 26.2 Å². The van der Waals surface area contributed by atoms with E-state index in [1.165, 1.54) is 0 Å². The summed E-state index contributed by atoms with van der Waals surface area (Å²) in [6.07, 6.45) is 1.83. The fraction of sp³-hybridized carbons (Fsp3) is 0.900. The summed E-state index contributed by atoms with van der Waals surface area (Å²) >= 11 is 0. The molecular formula is C10H19N3O2. The summed E-state index contributed by atoms with van der Waals surface area (Å²) in [5, 5.41) is 15.2. The lowest BCUT2D eigenvalue weighted by molar-refractivity contribution is -0.123. The maximum Gasteiger partial charge on any atom is 0.234 e. The van der Waals surface area contributed by atoms with E-state index in [-0.39, 0.29) is 18.1 Å². The summed E-state index contributed by atoms with van der Waals surface area (Å²) in [6, 6.07) is 0. The molecule has 2 rings (SSSR count). The first-order valence-corrected chi connectivity index (χ1v) is 5.59. The van der Waals surface area contributed by atoms with Crippen LogP contribution in [0, 0.1) is 0 Å². The van der Waals surface area contributed by atoms with E-state index in [1.54, 1.807) is 0 Å². The van der Waals surface area contributed by atoms with Gasteiger partial charge < -0.3 is 15.7 Å². The third-order valence-corrected chi connectivity index (χ3v) is 3.14. The van der Waals surface area contributed by atoms with Crippen LogP contribution in [0.4, 0.5) is 0 Å². The average molecular weight is 213 g/mol. The number of aliphatic hydroxyl groups is 1. The number of carbonyl (C=O) groups excluding carboxylic acids is 1. The summed E-state index contributed by atoms with van der Waals surface area (Å²) in [5.41, 5.74) is -0.273. The molecule has 2 aliphatic rings. The molecule has 15 heavy (non-hydrogen) atoms. The molecule has 0 bridgehead atoms. The minimum Gasteiger partial charge on any atom is -0.394 e. The molecule has 1 heterocycles. The van der Waals surface area contributed by atoms with E-state index in [1.807, 2.05) is 0 Å². The first kappa shape index (κ1) is 10.9. The highest BCUT2D eigenvalue weighted by Crippen LogP contribution is 2.34. The van der Waals surface area contributed by atoms with Gasteiger partial charge in [0.05, 0.1) is 18.7 Å². The van der Waals surface area contributed by atoms with E-state index in [4.69, 9.17) is 5.11 Å². The van der Waals surface area contributed by atoms with Crippen LogP contribution in [0.15, 0.2) is 0 Å². The minimum atomic E-state index is -0.273. The van der Waals surface area contributed by atoms with Crippen LogP contribution >= 0.6 is 0 Å². The van der Waals surface area contributed by atoms with Crippen molar-refractivity contribution in [2.45, 2.75) is 18.4 Å². The molecule has 1 saturated carbocycles. The fourth-order valence-corrected chi connectivity index (χ4v) is 1.88. The highest BCUT2D eigenvalue weighted by molar-refractivity contribution is 5.79. The maximum absolute atomic E-state index is 11.6. The Balaban J connectivity index is 1.72. The zero-order valence-electron chi connectivity index (χ0n) is 8.96. The largest absolute Gasteiger partial charge is 0.394 e. The normalized spacial score (nSPS) is 24.9. The predicted octanol–water partition coefficient (Wildman–Crippen LogP) is -1.47. The van der Waals surface area contributed by atoms with Crippen LogP contribution in [-0.4, -0.2) is 60.8 Å². The second kappa shape index (κ2) is 4.47. The van der Waals surface area contributed by atoms with Crippen molar-refractivity contribution >= 4 is 5.91 Å². The first-order chi connectivity index (χ1) is 7.24. The van der Waals surface area contributed by atoms with Crippen molar-refractivity contribution in [3.05, 3.63) is 0 Å². The lowest BCUT2D eigenvalue weighted by Crippen LogP contribution is -2.50. The van der Waals surface area contributed by atoms with Gasteiger partial charge in [0.2, 0.25) is 5.91 Å². The highest BCUT2D eigenvalue weighted by atomic mass is 16.3. The van der Waals surface area contributed by atoms with Gasteiger partial charge >= 0.3 is 0 Å². The SMILES string of the molecule is O=C(CN1CCNCC1)NC1(CO)CC1. The standard InChI is InChI=1S/C10H19N3O2/c14-8-10(1-2-10)12-9(15)7-13-5-3-11-4-6-13/h11,14H,1-8H2,(H,12,15). The first-order valence-electron chi connectivity index (χ1n) is 5.59. The second-order valence-electron chi connectivity index (χ2n) is 4.51. The van der Waals surface area contributed by atoms with Crippen molar-refractivity contribution in [3.8, 4) is 0 Å². The Morgan fingerprint density at radius 3 is 2.60 bits per heavy atom. The smallest absolute Gasteiger partial charge is 0.234 e. The lowest BCUT2D eigenvalue weighted by atomic mass is 10.3. The molecule has 0 atom stereocenters. The molecule has 2 fully saturated rings. The lowest BCUT2D eigenvalue weighted by Gasteiger charge is -2.27. The molecule has 0 radical (unpaired) electrons. The van der Waals surface area contributed by atoms with Gasteiger partial charge in [-0.3, -0.25) is 9.69 Å². The Labute approximate surface area is 89.8 Å². The van der Waals surface area contributed by atoms with Gasteiger partial charge in [-0.05, 0) is 12.8 Å². The van der Waals surface area contributed by atoms with Gasteiger partial charge in [0.1, 0.15) is 0 Å². The molecule has 5 nitrogen and oxygen atoms in total. The molecule has 1 aliphatic heterocycles. The summed E-state index contributed by atoms with van der Waals surface area (Å²) < 4.78 is 0. The zero-order valence-corrected chi connectivity index (χ0v) is 8.96. The average Bonchev–Trinajstić information content (AvgIpc) is 3.00. The molecule has 3 N–H and O–H groups in total. The molecule has 0 spiro atoms. The summed E-state index contributed by atoms with van der Waals surface area (Å²) in [5.74, 6) is 0.0449. The van der Waals surface area contributed by atoms with Crippen LogP contribution in [0.3, 0.4) is 0 Å². The van der Waals surface area contributed by atoms with E-state index < -0.39 is 0 Å². The number of nitrogens with zero attached hydrogens (tertiary/aromatic N) is 1. The number of nitrogens with one attached hydrogen (secondary N) is 2. The molecule has 86 valence electrons. The molecule has 1 amide bonds. The monoisotopic (exact) mass is 213 g/mol. The molecule has 0 aromatic rings. The van der Waals surface area contributed by atoms with Crippen molar-refractivity contribution in [3.63, 3.8) is 0 Å². The third kappa shape index (κ3) is 2.90. The quantitative estimate of drug-likeness (QED) is 0.533. The van der Waals surface area contributed by atoms with Gasteiger partial charge in [0.25, 0.3) is 0 Å². The van der Waals surface area contributed by atoms with Gasteiger partial charge in [-0.2, -0.15) is 0 Å². The van der Waals surface area contributed by atoms with Crippen LogP contribution in [0.1, 0.15) is 12.8 Å². The number of amides is 1. The van der Waals surface area contributed by atoms with Crippen molar-refractivity contribution in [1.29, 1.82) is 0 Å². The van der Waals surface area contributed by atoms with Gasteiger partial charge in [0.15, 0.2) is 0 Å². The van der Waals surface area contributed by atoms with Crippen molar-refractivity contribution in [1.82, 2.24) is 15.5 Å². The van der Waals surface area contributed by atoms with E-state index in [0.717, 1.165) is 39.0 Å². The third-order valence-electron chi connectivity index (χ3n) is 3.14. The molecule has 0 aromatic heterocycles. The maximum atomic E-state index is 11.6. The molecule has 0 aromatic carbocycles. The number of carbonyl (C=O) groups is 1. The summed E-state index contributed by atoms with van der Waals surface area (Å²) in [4.78, 5) is 13.8. The van der Waals surface area contributed by atoms with E-state index >= 15 is 0 Å². The number of hydrogen-bond donors (Lipinski definition) is 3. The van der Waals surface area contributed by atoms with Crippen molar-refractivity contribution in [2.24, 2.45) is 0 Å².